The van der Waals surface area contributed by atoms with Crippen molar-refractivity contribution in [2.24, 2.45) is 0 Å². The normalized spacial score (nSPS) is 14.2. The second-order valence-electron chi connectivity index (χ2n) is 2.38. The van der Waals surface area contributed by atoms with Gasteiger partial charge in [-0.1, -0.05) is 0 Å². The molecule has 0 fully saturated rings. The minimum atomic E-state index is -4.80. The van der Waals surface area contributed by atoms with Crippen molar-refractivity contribution in [3.63, 3.8) is 0 Å². The van der Waals surface area contributed by atoms with E-state index in [9.17, 15) is 17.6 Å². The van der Waals surface area contributed by atoms with Crippen LogP contribution in [0.25, 0.3) is 0 Å². The summed E-state index contributed by atoms with van der Waals surface area (Å²) in [7, 11) is 0. The molecule has 1 heterocycles. The Morgan fingerprint density at radius 2 is 1.92 bits per heavy atom. The van der Waals surface area contributed by atoms with E-state index in [2.05, 4.69) is 4.98 Å². The molecule has 0 aromatic carbocycles. The SMILES string of the molecule is O[C@@H](c1cncc(F)c1)C(F)(F)F. The summed E-state index contributed by atoms with van der Waals surface area (Å²) in [6.07, 6.45) is -5.96. The van der Waals surface area contributed by atoms with Gasteiger partial charge < -0.3 is 5.11 Å². The monoisotopic (exact) mass is 195 g/mol. The van der Waals surface area contributed by atoms with Gasteiger partial charge in [0, 0.05) is 11.8 Å². The van der Waals surface area contributed by atoms with Crippen molar-refractivity contribution < 1.29 is 22.7 Å². The van der Waals surface area contributed by atoms with Crippen LogP contribution in [-0.2, 0) is 0 Å². The summed E-state index contributed by atoms with van der Waals surface area (Å²) < 4.78 is 48.0. The summed E-state index contributed by atoms with van der Waals surface area (Å²) in [5.41, 5.74) is -0.604. The Balaban J connectivity index is 2.96. The van der Waals surface area contributed by atoms with Crippen molar-refractivity contribution in [1.82, 2.24) is 4.98 Å². The van der Waals surface area contributed by atoms with Crippen LogP contribution in [0.3, 0.4) is 0 Å². The molecule has 0 saturated carbocycles. The van der Waals surface area contributed by atoms with Gasteiger partial charge in [0.05, 0.1) is 6.20 Å². The third-order valence-electron chi connectivity index (χ3n) is 1.35. The second-order valence-corrected chi connectivity index (χ2v) is 2.38. The zero-order valence-electron chi connectivity index (χ0n) is 6.22. The highest BCUT2D eigenvalue weighted by Gasteiger charge is 2.39. The molecule has 0 amide bonds. The molecule has 0 radical (unpaired) electrons. The Labute approximate surface area is 70.8 Å². The molecule has 1 aromatic heterocycles. The van der Waals surface area contributed by atoms with Crippen molar-refractivity contribution in [3.05, 3.63) is 29.8 Å². The third kappa shape index (κ3) is 2.38. The molecule has 1 aromatic rings. The number of aromatic nitrogens is 1. The van der Waals surface area contributed by atoms with Gasteiger partial charge in [-0.3, -0.25) is 4.98 Å². The Morgan fingerprint density at radius 1 is 1.31 bits per heavy atom. The van der Waals surface area contributed by atoms with Crippen LogP contribution in [0.4, 0.5) is 17.6 Å². The predicted molar refractivity (Wildman–Crippen MR) is 35.2 cm³/mol. The average Bonchev–Trinajstić information content (AvgIpc) is 2.01. The van der Waals surface area contributed by atoms with E-state index in [1.54, 1.807) is 0 Å². The molecule has 0 aliphatic carbocycles. The smallest absolute Gasteiger partial charge is 0.379 e. The first-order chi connectivity index (χ1) is 5.91. The molecule has 1 rings (SSSR count). The van der Waals surface area contributed by atoms with Crippen molar-refractivity contribution in [2.75, 3.05) is 0 Å². The number of hydrogen-bond donors (Lipinski definition) is 1. The van der Waals surface area contributed by atoms with Gasteiger partial charge in [-0.15, -0.1) is 0 Å². The van der Waals surface area contributed by atoms with Crippen molar-refractivity contribution in [3.8, 4) is 0 Å². The van der Waals surface area contributed by atoms with Crippen LogP contribution in [-0.4, -0.2) is 16.3 Å². The number of aliphatic hydroxyl groups is 1. The predicted octanol–water partition coefficient (Wildman–Crippen LogP) is 1.82. The minimum Gasteiger partial charge on any atom is -0.379 e. The lowest BCUT2D eigenvalue weighted by atomic mass is 10.1. The second kappa shape index (κ2) is 3.29. The van der Waals surface area contributed by atoms with E-state index >= 15 is 0 Å². The fraction of sp³-hybridized carbons (Fsp3) is 0.286. The molecule has 1 atom stereocenters. The van der Waals surface area contributed by atoms with Gasteiger partial charge in [-0.05, 0) is 6.07 Å². The van der Waals surface area contributed by atoms with Gasteiger partial charge in [-0.25, -0.2) is 4.39 Å². The molecule has 0 aliphatic heterocycles. The van der Waals surface area contributed by atoms with E-state index < -0.39 is 23.7 Å². The van der Waals surface area contributed by atoms with Crippen LogP contribution in [0.5, 0.6) is 0 Å². The maximum Gasteiger partial charge on any atom is 0.418 e. The molecule has 0 saturated heterocycles. The third-order valence-corrected chi connectivity index (χ3v) is 1.35. The highest BCUT2D eigenvalue weighted by atomic mass is 19.4. The Hall–Kier alpha value is -1.17. The van der Waals surface area contributed by atoms with Gasteiger partial charge in [0.25, 0.3) is 0 Å². The molecular formula is C7H5F4NO. The fourth-order valence-corrected chi connectivity index (χ4v) is 0.767. The van der Waals surface area contributed by atoms with Crippen LogP contribution in [0.1, 0.15) is 11.7 Å². The largest absolute Gasteiger partial charge is 0.418 e. The zero-order chi connectivity index (χ0) is 10.1. The molecule has 1 N–H and O–H groups in total. The maximum atomic E-state index is 12.4. The molecule has 0 unspecified atom stereocenters. The van der Waals surface area contributed by atoms with E-state index in [0.717, 1.165) is 12.4 Å². The molecule has 6 heteroatoms. The van der Waals surface area contributed by atoms with Gasteiger partial charge >= 0.3 is 6.18 Å². The molecule has 2 nitrogen and oxygen atoms in total. The fourth-order valence-electron chi connectivity index (χ4n) is 0.767. The van der Waals surface area contributed by atoms with Crippen LogP contribution in [0.2, 0.25) is 0 Å². The first-order valence-corrected chi connectivity index (χ1v) is 3.26. The molecule has 0 aliphatic rings. The summed E-state index contributed by atoms with van der Waals surface area (Å²) in [5, 5.41) is 8.65. The number of pyridine rings is 1. The van der Waals surface area contributed by atoms with E-state index in [1.165, 1.54) is 0 Å². The summed E-state index contributed by atoms with van der Waals surface area (Å²) in [6.45, 7) is 0. The van der Waals surface area contributed by atoms with E-state index in [-0.39, 0.29) is 0 Å². The topological polar surface area (TPSA) is 33.1 Å². The van der Waals surface area contributed by atoms with Crippen LogP contribution < -0.4 is 0 Å². The van der Waals surface area contributed by atoms with E-state index in [0.29, 0.717) is 6.07 Å². The molecule has 13 heavy (non-hydrogen) atoms. The van der Waals surface area contributed by atoms with Crippen molar-refractivity contribution in [1.29, 1.82) is 0 Å². The van der Waals surface area contributed by atoms with E-state index in [4.69, 9.17) is 5.11 Å². The van der Waals surface area contributed by atoms with Crippen LogP contribution in [0.15, 0.2) is 18.5 Å². The quantitative estimate of drug-likeness (QED) is 0.693. The van der Waals surface area contributed by atoms with Gasteiger partial charge in [0.2, 0.25) is 0 Å². The Morgan fingerprint density at radius 3 is 2.38 bits per heavy atom. The lowest BCUT2D eigenvalue weighted by Gasteiger charge is -2.13. The number of alkyl halides is 3. The first kappa shape index (κ1) is 9.91. The Bertz CT molecular complexity index is 299. The van der Waals surface area contributed by atoms with E-state index in [1.807, 2.05) is 0 Å². The molecule has 0 spiro atoms. The highest BCUT2D eigenvalue weighted by Crippen LogP contribution is 2.31. The number of halogens is 4. The number of rotatable bonds is 1. The van der Waals surface area contributed by atoms with Gasteiger partial charge in [-0.2, -0.15) is 13.2 Å². The summed E-state index contributed by atoms with van der Waals surface area (Å²) in [5.74, 6) is -0.916. The minimum absolute atomic E-state index is 0.588. The van der Waals surface area contributed by atoms with Crippen LogP contribution in [0, 0.1) is 5.82 Å². The lowest BCUT2D eigenvalue weighted by Crippen LogP contribution is -2.20. The number of nitrogens with zero attached hydrogens (tertiary/aromatic N) is 1. The summed E-state index contributed by atoms with van der Waals surface area (Å²) >= 11 is 0. The standard InChI is InChI=1S/C7H5F4NO/c8-5-1-4(2-12-3-5)6(13)7(9,10)11/h1-3,6,13H/t6-/m0/s1. The molecular weight excluding hydrogens is 190 g/mol. The summed E-state index contributed by atoms with van der Waals surface area (Å²) in [6, 6.07) is 0.588. The van der Waals surface area contributed by atoms with Crippen LogP contribution >= 0.6 is 0 Å². The number of hydrogen-bond acceptors (Lipinski definition) is 2. The Kier molecular flexibility index (Phi) is 2.51. The van der Waals surface area contributed by atoms with Crippen molar-refractivity contribution >= 4 is 0 Å². The number of aliphatic hydroxyl groups excluding tert-OH is 1. The molecule has 72 valence electrons. The lowest BCUT2D eigenvalue weighted by molar-refractivity contribution is -0.206. The van der Waals surface area contributed by atoms with Gasteiger partial charge in [0.15, 0.2) is 6.10 Å². The molecule has 0 bridgehead atoms. The van der Waals surface area contributed by atoms with Crippen molar-refractivity contribution in [2.45, 2.75) is 12.3 Å². The highest BCUT2D eigenvalue weighted by molar-refractivity contribution is 5.14. The van der Waals surface area contributed by atoms with Gasteiger partial charge in [0.1, 0.15) is 5.82 Å². The summed E-state index contributed by atoms with van der Waals surface area (Å²) in [4.78, 5) is 3.18. The zero-order valence-corrected chi connectivity index (χ0v) is 6.22. The maximum absolute atomic E-state index is 12.4. The average molecular weight is 195 g/mol. The first-order valence-electron chi connectivity index (χ1n) is 3.26.